The van der Waals surface area contributed by atoms with Gasteiger partial charge in [-0.05, 0) is 57.2 Å². The highest BCUT2D eigenvalue weighted by Crippen LogP contribution is 2.29. The fourth-order valence-corrected chi connectivity index (χ4v) is 2.08. The predicted octanol–water partition coefficient (Wildman–Crippen LogP) is 4.27. The third kappa shape index (κ3) is 3.89. The molecule has 0 heterocycles. The standard InChI is InChI=1S/C18H22O/c1-13(2)5-10-17-16(9-8-15-6-7-15)11-14(3)12-18(17)19-4/h11-12,15H,1,5-7,10H2,2-4H3. The molecule has 1 nitrogen and oxygen atoms in total. The molecule has 1 aliphatic rings. The molecule has 19 heavy (non-hydrogen) atoms. The number of allylic oxidation sites excluding steroid dienone is 1. The van der Waals surface area contributed by atoms with E-state index in [0.29, 0.717) is 5.92 Å². The SMILES string of the molecule is C=C(C)CCc1c(C#CC2CC2)cc(C)cc1OC. The summed E-state index contributed by atoms with van der Waals surface area (Å²) in [5.74, 6) is 8.29. The summed E-state index contributed by atoms with van der Waals surface area (Å²) in [5.41, 5.74) is 4.76. The normalized spacial score (nSPS) is 13.6. The number of hydrogen-bond acceptors (Lipinski definition) is 1. The van der Waals surface area contributed by atoms with Crippen molar-refractivity contribution in [3.05, 3.63) is 41.0 Å². The summed E-state index contributed by atoms with van der Waals surface area (Å²) in [6.07, 6.45) is 4.46. The van der Waals surface area contributed by atoms with Crippen LogP contribution in [0, 0.1) is 24.7 Å². The van der Waals surface area contributed by atoms with Gasteiger partial charge in [-0.15, -0.1) is 6.58 Å². The van der Waals surface area contributed by atoms with Crippen LogP contribution in [0.25, 0.3) is 0 Å². The largest absolute Gasteiger partial charge is 0.496 e. The van der Waals surface area contributed by atoms with E-state index in [2.05, 4.69) is 44.4 Å². The average molecular weight is 254 g/mol. The summed E-state index contributed by atoms with van der Waals surface area (Å²) in [7, 11) is 1.73. The Bertz CT molecular complexity index is 539. The van der Waals surface area contributed by atoms with E-state index in [9.17, 15) is 0 Å². The lowest BCUT2D eigenvalue weighted by Crippen LogP contribution is -1.98. The molecule has 0 radical (unpaired) electrons. The van der Waals surface area contributed by atoms with Crippen molar-refractivity contribution >= 4 is 0 Å². The molecule has 0 aromatic heterocycles. The summed E-state index contributed by atoms with van der Waals surface area (Å²) in [5, 5.41) is 0. The maximum absolute atomic E-state index is 5.52. The fourth-order valence-electron chi connectivity index (χ4n) is 2.08. The van der Waals surface area contributed by atoms with Crippen LogP contribution in [0.15, 0.2) is 24.3 Å². The Morgan fingerprint density at radius 1 is 1.42 bits per heavy atom. The number of rotatable bonds is 4. The van der Waals surface area contributed by atoms with Crippen LogP contribution in [-0.4, -0.2) is 7.11 Å². The Balaban J connectivity index is 2.34. The second-order valence-corrected chi connectivity index (χ2v) is 5.49. The molecule has 0 N–H and O–H groups in total. The third-order valence-corrected chi connectivity index (χ3v) is 3.36. The zero-order chi connectivity index (χ0) is 13.8. The second-order valence-electron chi connectivity index (χ2n) is 5.49. The topological polar surface area (TPSA) is 9.23 Å². The van der Waals surface area contributed by atoms with E-state index in [1.165, 1.54) is 29.5 Å². The lowest BCUT2D eigenvalue weighted by Gasteiger charge is -2.12. The maximum atomic E-state index is 5.52. The van der Waals surface area contributed by atoms with Crippen LogP contribution in [0.2, 0.25) is 0 Å². The van der Waals surface area contributed by atoms with Gasteiger partial charge >= 0.3 is 0 Å². The molecule has 0 aliphatic heterocycles. The molecule has 0 saturated heterocycles. The van der Waals surface area contributed by atoms with E-state index in [-0.39, 0.29) is 0 Å². The van der Waals surface area contributed by atoms with Crippen molar-refractivity contribution < 1.29 is 4.74 Å². The van der Waals surface area contributed by atoms with Crippen LogP contribution in [0.1, 0.15) is 42.9 Å². The van der Waals surface area contributed by atoms with Gasteiger partial charge in [0.1, 0.15) is 5.75 Å². The second kappa shape index (κ2) is 5.97. The number of hydrogen-bond donors (Lipinski definition) is 0. The van der Waals surface area contributed by atoms with Gasteiger partial charge in [0, 0.05) is 17.0 Å². The van der Waals surface area contributed by atoms with E-state index in [4.69, 9.17) is 4.74 Å². The van der Waals surface area contributed by atoms with E-state index < -0.39 is 0 Å². The molecule has 1 aromatic rings. The number of benzene rings is 1. The maximum Gasteiger partial charge on any atom is 0.123 e. The minimum absolute atomic E-state index is 0.625. The van der Waals surface area contributed by atoms with Gasteiger partial charge in [0.25, 0.3) is 0 Å². The lowest BCUT2D eigenvalue weighted by atomic mass is 9.97. The first-order chi connectivity index (χ1) is 9.10. The molecule has 0 spiro atoms. The Hall–Kier alpha value is -1.68. The zero-order valence-electron chi connectivity index (χ0n) is 12.2. The molecule has 1 saturated carbocycles. The van der Waals surface area contributed by atoms with Gasteiger partial charge in [-0.1, -0.05) is 17.4 Å². The highest BCUT2D eigenvalue weighted by Gasteiger charge is 2.18. The van der Waals surface area contributed by atoms with Crippen LogP contribution in [-0.2, 0) is 6.42 Å². The molecule has 0 unspecified atom stereocenters. The molecular weight excluding hydrogens is 232 g/mol. The van der Waals surface area contributed by atoms with Crippen molar-refractivity contribution in [3.8, 4) is 17.6 Å². The average Bonchev–Trinajstić information content (AvgIpc) is 3.17. The van der Waals surface area contributed by atoms with Crippen LogP contribution in [0.4, 0.5) is 0 Å². The predicted molar refractivity (Wildman–Crippen MR) is 80.5 cm³/mol. The first-order valence-electron chi connectivity index (χ1n) is 6.93. The van der Waals surface area contributed by atoms with Crippen molar-refractivity contribution in [2.24, 2.45) is 5.92 Å². The summed E-state index contributed by atoms with van der Waals surface area (Å²) >= 11 is 0. The quantitative estimate of drug-likeness (QED) is 0.576. The summed E-state index contributed by atoms with van der Waals surface area (Å²) < 4.78 is 5.52. The van der Waals surface area contributed by atoms with Gasteiger partial charge in [-0.3, -0.25) is 0 Å². The molecule has 1 aliphatic carbocycles. The van der Waals surface area contributed by atoms with E-state index >= 15 is 0 Å². The van der Waals surface area contributed by atoms with Crippen molar-refractivity contribution in [1.82, 2.24) is 0 Å². The minimum Gasteiger partial charge on any atom is -0.496 e. The molecule has 1 aromatic carbocycles. The summed E-state index contributed by atoms with van der Waals surface area (Å²) in [6, 6.07) is 4.27. The summed E-state index contributed by atoms with van der Waals surface area (Å²) in [4.78, 5) is 0. The molecule has 2 rings (SSSR count). The van der Waals surface area contributed by atoms with E-state index in [1.54, 1.807) is 7.11 Å². The first-order valence-corrected chi connectivity index (χ1v) is 6.93. The van der Waals surface area contributed by atoms with Crippen molar-refractivity contribution in [2.45, 2.75) is 39.5 Å². The van der Waals surface area contributed by atoms with Crippen LogP contribution < -0.4 is 4.74 Å². The Kier molecular flexibility index (Phi) is 4.32. The lowest BCUT2D eigenvalue weighted by molar-refractivity contribution is 0.409. The molecule has 0 bridgehead atoms. The van der Waals surface area contributed by atoms with Gasteiger partial charge in [0.2, 0.25) is 0 Å². The van der Waals surface area contributed by atoms with Gasteiger partial charge in [0.05, 0.1) is 7.11 Å². The van der Waals surface area contributed by atoms with E-state index in [1.807, 2.05) is 0 Å². The number of aryl methyl sites for hydroxylation is 1. The fraction of sp³-hybridized carbons (Fsp3) is 0.444. The van der Waals surface area contributed by atoms with Crippen molar-refractivity contribution in [2.75, 3.05) is 7.11 Å². The molecule has 1 heteroatoms. The molecular formula is C18H22O. The molecule has 100 valence electrons. The van der Waals surface area contributed by atoms with Gasteiger partial charge in [0.15, 0.2) is 0 Å². The smallest absolute Gasteiger partial charge is 0.123 e. The van der Waals surface area contributed by atoms with Gasteiger partial charge < -0.3 is 4.74 Å². The number of ether oxygens (including phenoxy) is 1. The van der Waals surface area contributed by atoms with Crippen LogP contribution in [0.5, 0.6) is 5.75 Å². The van der Waals surface area contributed by atoms with Gasteiger partial charge in [-0.2, -0.15) is 0 Å². The minimum atomic E-state index is 0.625. The Labute approximate surface area is 116 Å². The van der Waals surface area contributed by atoms with Crippen LogP contribution >= 0.6 is 0 Å². The van der Waals surface area contributed by atoms with Gasteiger partial charge in [-0.25, -0.2) is 0 Å². The Morgan fingerprint density at radius 3 is 2.74 bits per heavy atom. The third-order valence-electron chi connectivity index (χ3n) is 3.36. The van der Waals surface area contributed by atoms with Crippen LogP contribution in [0.3, 0.4) is 0 Å². The monoisotopic (exact) mass is 254 g/mol. The zero-order valence-corrected chi connectivity index (χ0v) is 12.2. The first kappa shape index (κ1) is 13.7. The highest BCUT2D eigenvalue weighted by atomic mass is 16.5. The van der Waals surface area contributed by atoms with Crippen molar-refractivity contribution in [3.63, 3.8) is 0 Å². The highest BCUT2D eigenvalue weighted by molar-refractivity contribution is 5.52. The summed E-state index contributed by atoms with van der Waals surface area (Å²) in [6.45, 7) is 8.14. The number of methoxy groups -OCH3 is 1. The van der Waals surface area contributed by atoms with Crippen molar-refractivity contribution in [1.29, 1.82) is 0 Å². The molecule has 1 fully saturated rings. The van der Waals surface area contributed by atoms with E-state index in [0.717, 1.165) is 24.2 Å². The molecule has 0 amide bonds. The molecule has 0 atom stereocenters. The Morgan fingerprint density at radius 2 is 2.16 bits per heavy atom.